The van der Waals surface area contributed by atoms with Gasteiger partial charge in [-0.15, -0.1) is 0 Å². The zero-order valence-electron chi connectivity index (χ0n) is 14.6. The van der Waals surface area contributed by atoms with Crippen LogP contribution in [0.1, 0.15) is 55.2 Å². The van der Waals surface area contributed by atoms with Crippen LogP contribution in [0.4, 0.5) is 0 Å². The summed E-state index contributed by atoms with van der Waals surface area (Å²) in [6.07, 6.45) is 8.71. The number of furan rings is 1. The third kappa shape index (κ3) is 3.10. The van der Waals surface area contributed by atoms with Gasteiger partial charge < -0.3 is 14.8 Å². The molecule has 0 fully saturated rings. The topological polar surface area (TPSA) is 110 Å². The molecule has 0 atom stereocenters. The van der Waals surface area contributed by atoms with Gasteiger partial charge in [-0.3, -0.25) is 19.4 Å². The molecule has 2 heterocycles. The second kappa shape index (κ2) is 7.25. The summed E-state index contributed by atoms with van der Waals surface area (Å²) < 4.78 is 5.44. The molecule has 1 aliphatic carbocycles. The fourth-order valence-corrected chi connectivity index (χ4v) is 2.79. The van der Waals surface area contributed by atoms with Gasteiger partial charge in [0.1, 0.15) is 17.7 Å². The standard InChI is InChI=1S/C20H16N2O5/c1-3-4-5-7-12(10-23)22-20(26)14-11(2)27-19-15(14)18(25)16-13(17(19)24)8-6-9-21-16/h3-10,23H,1-2H3,(H,22,26)/b4-3-,7-5-,12-10-. The molecule has 2 N–H and O–H groups in total. The minimum Gasteiger partial charge on any atom is -0.513 e. The number of hydrogen-bond acceptors (Lipinski definition) is 6. The van der Waals surface area contributed by atoms with E-state index in [2.05, 4.69) is 10.3 Å². The molecule has 7 nitrogen and oxygen atoms in total. The maximum absolute atomic E-state index is 12.8. The summed E-state index contributed by atoms with van der Waals surface area (Å²) in [7, 11) is 0. The lowest BCUT2D eigenvalue weighted by Crippen LogP contribution is -2.27. The number of fused-ring (bicyclic) bond motifs is 2. The average Bonchev–Trinajstić information content (AvgIpc) is 3.03. The number of allylic oxidation sites excluding steroid dienone is 4. The van der Waals surface area contributed by atoms with Crippen molar-refractivity contribution in [3.8, 4) is 0 Å². The van der Waals surface area contributed by atoms with Crippen LogP contribution in [0.3, 0.4) is 0 Å². The number of aryl methyl sites for hydroxylation is 1. The van der Waals surface area contributed by atoms with Crippen LogP contribution in [0.25, 0.3) is 0 Å². The lowest BCUT2D eigenvalue weighted by atomic mass is 9.89. The molecule has 3 rings (SSSR count). The van der Waals surface area contributed by atoms with Gasteiger partial charge in [0.25, 0.3) is 5.91 Å². The summed E-state index contributed by atoms with van der Waals surface area (Å²) in [5.41, 5.74) is 0.0617. The number of ketones is 2. The first-order valence-corrected chi connectivity index (χ1v) is 8.12. The lowest BCUT2D eigenvalue weighted by Gasteiger charge is -2.12. The maximum atomic E-state index is 12.8. The molecule has 0 bridgehead atoms. The molecular weight excluding hydrogens is 348 g/mol. The number of nitrogens with one attached hydrogen (secondary N) is 1. The van der Waals surface area contributed by atoms with Gasteiger partial charge in [-0.05, 0) is 32.1 Å². The van der Waals surface area contributed by atoms with E-state index >= 15 is 0 Å². The van der Waals surface area contributed by atoms with Crippen LogP contribution in [0.15, 0.2) is 59.0 Å². The van der Waals surface area contributed by atoms with Gasteiger partial charge in [0, 0.05) is 6.20 Å². The molecule has 2 aromatic rings. The van der Waals surface area contributed by atoms with Gasteiger partial charge in [0.15, 0.2) is 5.76 Å². The number of amides is 1. The van der Waals surface area contributed by atoms with E-state index in [1.54, 1.807) is 24.3 Å². The molecule has 27 heavy (non-hydrogen) atoms. The van der Waals surface area contributed by atoms with Crippen LogP contribution < -0.4 is 5.32 Å². The second-order valence-electron chi connectivity index (χ2n) is 5.72. The van der Waals surface area contributed by atoms with Crippen molar-refractivity contribution < 1.29 is 23.9 Å². The van der Waals surface area contributed by atoms with Crippen LogP contribution in [0.5, 0.6) is 0 Å². The summed E-state index contributed by atoms with van der Waals surface area (Å²) >= 11 is 0. The van der Waals surface area contributed by atoms with E-state index in [0.717, 1.165) is 6.26 Å². The average molecular weight is 364 g/mol. The Morgan fingerprint density at radius 1 is 1.26 bits per heavy atom. The van der Waals surface area contributed by atoms with Gasteiger partial charge in [-0.2, -0.15) is 0 Å². The first-order chi connectivity index (χ1) is 13.0. The number of aliphatic hydroxyl groups is 1. The molecule has 0 aliphatic heterocycles. The summed E-state index contributed by atoms with van der Waals surface area (Å²) in [5, 5.41) is 11.8. The Hall–Kier alpha value is -3.74. The molecule has 0 spiro atoms. The maximum Gasteiger partial charge on any atom is 0.260 e. The fraction of sp³-hybridized carbons (Fsp3) is 0.100. The number of nitrogens with zero attached hydrogens (tertiary/aromatic N) is 1. The smallest absolute Gasteiger partial charge is 0.260 e. The van der Waals surface area contributed by atoms with Crippen LogP contribution in [-0.4, -0.2) is 27.6 Å². The van der Waals surface area contributed by atoms with Crippen molar-refractivity contribution in [3.63, 3.8) is 0 Å². The Bertz CT molecular complexity index is 1040. The minimum absolute atomic E-state index is 0.0178. The summed E-state index contributed by atoms with van der Waals surface area (Å²) in [4.78, 5) is 42.1. The third-order valence-electron chi connectivity index (χ3n) is 3.99. The van der Waals surface area contributed by atoms with Crippen LogP contribution >= 0.6 is 0 Å². The van der Waals surface area contributed by atoms with Gasteiger partial charge in [-0.25, -0.2) is 0 Å². The largest absolute Gasteiger partial charge is 0.513 e. The predicted molar refractivity (Wildman–Crippen MR) is 96.7 cm³/mol. The van der Waals surface area contributed by atoms with Crippen molar-refractivity contribution in [2.45, 2.75) is 13.8 Å². The number of pyridine rings is 1. The van der Waals surface area contributed by atoms with Crippen molar-refractivity contribution in [3.05, 3.63) is 88.5 Å². The van der Waals surface area contributed by atoms with E-state index in [9.17, 15) is 19.5 Å². The van der Waals surface area contributed by atoms with Crippen LogP contribution in [0.2, 0.25) is 0 Å². The van der Waals surface area contributed by atoms with Gasteiger partial charge >= 0.3 is 0 Å². The zero-order valence-corrected chi connectivity index (χ0v) is 14.6. The number of hydrogen-bond donors (Lipinski definition) is 2. The lowest BCUT2D eigenvalue weighted by molar-refractivity contribution is 0.0944. The molecule has 136 valence electrons. The van der Waals surface area contributed by atoms with Crippen molar-refractivity contribution in [1.29, 1.82) is 0 Å². The third-order valence-corrected chi connectivity index (χ3v) is 3.99. The minimum atomic E-state index is -0.677. The van der Waals surface area contributed by atoms with E-state index in [4.69, 9.17) is 4.42 Å². The Kier molecular flexibility index (Phi) is 4.85. The number of aliphatic hydroxyl groups excluding tert-OH is 1. The monoisotopic (exact) mass is 364 g/mol. The van der Waals surface area contributed by atoms with E-state index in [1.165, 1.54) is 25.3 Å². The van der Waals surface area contributed by atoms with Gasteiger partial charge in [0.05, 0.1) is 22.4 Å². The molecule has 0 saturated heterocycles. The molecule has 0 saturated carbocycles. The molecule has 0 unspecified atom stereocenters. The molecule has 0 aromatic carbocycles. The van der Waals surface area contributed by atoms with E-state index < -0.39 is 17.5 Å². The molecule has 0 radical (unpaired) electrons. The second-order valence-corrected chi connectivity index (χ2v) is 5.72. The molecule has 1 aliphatic rings. The van der Waals surface area contributed by atoms with E-state index in [-0.39, 0.29) is 39.6 Å². The highest BCUT2D eigenvalue weighted by molar-refractivity contribution is 6.29. The number of aromatic nitrogens is 1. The van der Waals surface area contributed by atoms with Gasteiger partial charge in [0.2, 0.25) is 11.6 Å². The fourth-order valence-electron chi connectivity index (χ4n) is 2.79. The first-order valence-electron chi connectivity index (χ1n) is 8.12. The first kappa shape index (κ1) is 18.1. The Morgan fingerprint density at radius 2 is 2.04 bits per heavy atom. The highest BCUT2D eigenvalue weighted by Gasteiger charge is 2.39. The molecule has 2 aromatic heterocycles. The zero-order chi connectivity index (χ0) is 19.6. The highest BCUT2D eigenvalue weighted by Crippen LogP contribution is 2.32. The van der Waals surface area contributed by atoms with Crippen molar-refractivity contribution in [2.24, 2.45) is 0 Å². The predicted octanol–water partition coefficient (Wildman–Crippen LogP) is 3.02. The van der Waals surface area contributed by atoms with E-state index in [0.29, 0.717) is 0 Å². The quantitative estimate of drug-likeness (QED) is 0.544. The Labute approximate surface area is 154 Å². The summed E-state index contributed by atoms with van der Waals surface area (Å²) in [6.45, 7) is 3.31. The van der Waals surface area contributed by atoms with Crippen molar-refractivity contribution in [1.82, 2.24) is 10.3 Å². The Balaban J connectivity index is 2.02. The SMILES string of the molecule is C\C=C/C=C\C(=C\O)NC(=O)c1c(C)oc2c1C(=O)c1ncccc1C2=O. The molecule has 1 amide bonds. The summed E-state index contributed by atoms with van der Waals surface area (Å²) in [5.74, 6) is -1.78. The van der Waals surface area contributed by atoms with Crippen LogP contribution in [0, 0.1) is 6.92 Å². The van der Waals surface area contributed by atoms with Crippen molar-refractivity contribution in [2.75, 3.05) is 0 Å². The number of carbonyl (C=O) groups excluding carboxylic acids is 3. The Morgan fingerprint density at radius 3 is 2.74 bits per heavy atom. The number of carbonyl (C=O) groups is 3. The van der Waals surface area contributed by atoms with Crippen molar-refractivity contribution >= 4 is 17.5 Å². The normalized spacial score (nSPS) is 13.9. The van der Waals surface area contributed by atoms with Gasteiger partial charge in [-0.1, -0.05) is 18.2 Å². The molecule has 7 heteroatoms. The summed E-state index contributed by atoms with van der Waals surface area (Å²) in [6, 6.07) is 3.04. The highest BCUT2D eigenvalue weighted by atomic mass is 16.4. The van der Waals surface area contributed by atoms with E-state index in [1.807, 2.05) is 6.92 Å². The molecular formula is C20H16N2O5. The number of rotatable bonds is 4. The van der Waals surface area contributed by atoms with Crippen LogP contribution in [-0.2, 0) is 0 Å².